The maximum atomic E-state index is 13.2. The van der Waals surface area contributed by atoms with E-state index in [4.69, 9.17) is 0 Å². The number of piperidine rings is 1. The highest BCUT2D eigenvalue weighted by molar-refractivity contribution is 5.96. The predicted molar refractivity (Wildman–Crippen MR) is 116 cm³/mol. The van der Waals surface area contributed by atoms with Gasteiger partial charge < -0.3 is 16.0 Å². The van der Waals surface area contributed by atoms with Crippen molar-refractivity contribution in [3.05, 3.63) is 29.3 Å². The fourth-order valence-electron chi connectivity index (χ4n) is 5.56. The fraction of sp³-hybridized carbons (Fsp3) is 0.667. The molecule has 1 aromatic rings. The Morgan fingerprint density at radius 1 is 1.07 bits per heavy atom. The van der Waals surface area contributed by atoms with E-state index in [1.165, 1.54) is 24.0 Å². The molecule has 1 aromatic carbocycles. The number of aryl methyl sites for hydroxylation is 2. The lowest BCUT2D eigenvalue weighted by atomic mass is 9.84. The molecule has 2 unspecified atom stereocenters. The Bertz CT molecular complexity index is 757. The number of nitrogens with one attached hydrogen (secondary N) is 3. The van der Waals surface area contributed by atoms with Gasteiger partial charge >= 0.3 is 0 Å². The van der Waals surface area contributed by atoms with E-state index in [0.29, 0.717) is 31.0 Å². The monoisotopic (exact) mass is 397 g/mol. The molecule has 0 radical (unpaired) electrons. The summed E-state index contributed by atoms with van der Waals surface area (Å²) in [7, 11) is 0. The van der Waals surface area contributed by atoms with E-state index < -0.39 is 5.41 Å². The minimum absolute atomic E-state index is 0.0541. The summed E-state index contributed by atoms with van der Waals surface area (Å²) in [5.41, 5.74) is 2.77. The maximum Gasteiger partial charge on any atom is 0.232 e. The Balaban J connectivity index is 1.33. The van der Waals surface area contributed by atoms with Crippen LogP contribution in [-0.4, -0.2) is 30.4 Å². The van der Waals surface area contributed by atoms with Gasteiger partial charge in [-0.05, 0) is 81.5 Å². The van der Waals surface area contributed by atoms with E-state index in [2.05, 4.69) is 29.8 Å². The van der Waals surface area contributed by atoms with Crippen molar-refractivity contribution < 1.29 is 9.59 Å². The topological polar surface area (TPSA) is 70.2 Å². The number of benzene rings is 1. The third-order valence-electron chi connectivity index (χ3n) is 7.48. The highest BCUT2D eigenvalue weighted by Crippen LogP contribution is 2.39. The highest BCUT2D eigenvalue weighted by atomic mass is 16.2. The van der Waals surface area contributed by atoms with E-state index in [0.717, 1.165) is 44.2 Å². The Hall–Kier alpha value is -1.88. The molecule has 1 saturated carbocycles. The molecular formula is C24H35N3O2. The fourth-order valence-corrected chi connectivity index (χ4v) is 5.56. The molecule has 0 aromatic heterocycles. The number of hydrogen-bond acceptors (Lipinski definition) is 3. The van der Waals surface area contributed by atoms with Crippen LogP contribution in [0.1, 0.15) is 68.9 Å². The smallest absolute Gasteiger partial charge is 0.232 e. The lowest BCUT2D eigenvalue weighted by Crippen LogP contribution is -2.45. The molecule has 29 heavy (non-hydrogen) atoms. The van der Waals surface area contributed by atoms with Crippen molar-refractivity contribution in [1.29, 1.82) is 0 Å². The first-order valence-electron chi connectivity index (χ1n) is 11.3. The van der Waals surface area contributed by atoms with Gasteiger partial charge in [-0.1, -0.05) is 18.9 Å². The lowest BCUT2D eigenvalue weighted by molar-refractivity contribution is -0.127. The van der Waals surface area contributed by atoms with Crippen molar-refractivity contribution in [2.45, 2.75) is 83.7 Å². The van der Waals surface area contributed by atoms with Gasteiger partial charge in [0.2, 0.25) is 11.8 Å². The number of carbonyl (C=O) groups excluding carboxylic acids is 2. The second-order valence-electron chi connectivity index (χ2n) is 9.70. The summed E-state index contributed by atoms with van der Waals surface area (Å²) in [6.07, 6.45) is 9.13. The van der Waals surface area contributed by atoms with Gasteiger partial charge in [0.15, 0.2) is 0 Å². The first-order chi connectivity index (χ1) is 13.9. The Kier molecular flexibility index (Phi) is 5.95. The second-order valence-corrected chi connectivity index (χ2v) is 9.70. The van der Waals surface area contributed by atoms with Crippen LogP contribution in [0.4, 0.5) is 5.69 Å². The molecule has 3 aliphatic rings. The normalized spacial score (nSPS) is 27.6. The van der Waals surface area contributed by atoms with Gasteiger partial charge in [0.25, 0.3) is 0 Å². The first-order valence-corrected chi connectivity index (χ1v) is 11.3. The summed E-state index contributed by atoms with van der Waals surface area (Å²) in [5, 5.41) is 9.89. The molecule has 5 heteroatoms. The molecule has 2 heterocycles. The van der Waals surface area contributed by atoms with Gasteiger partial charge in [0.1, 0.15) is 0 Å². The number of hydrogen-bond donors (Lipinski definition) is 3. The number of rotatable bonds is 6. The minimum atomic E-state index is -0.471. The molecule has 2 atom stereocenters. The summed E-state index contributed by atoms with van der Waals surface area (Å²) in [5.74, 6) is 0.651. The number of fused-ring (bicyclic) bond motifs is 2. The van der Waals surface area contributed by atoms with Crippen molar-refractivity contribution in [1.82, 2.24) is 10.6 Å². The second kappa shape index (κ2) is 8.47. The van der Waals surface area contributed by atoms with Gasteiger partial charge in [0, 0.05) is 30.7 Å². The summed E-state index contributed by atoms with van der Waals surface area (Å²) in [6.45, 7) is 4.59. The van der Waals surface area contributed by atoms with E-state index in [1.807, 2.05) is 18.2 Å². The van der Waals surface area contributed by atoms with Crippen molar-refractivity contribution in [3.63, 3.8) is 0 Å². The van der Waals surface area contributed by atoms with Crippen molar-refractivity contribution in [2.24, 2.45) is 11.3 Å². The van der Waals surface area contributed by atoms with Crippen LogP contribution >= 0.6 is 0 Å². The highest BCUT2D eigenvalue weighted by Gasteiger charge is 2.41. The lowest BCUT2D eigenvalue weighted by Gasteiger charge is -2.30. The van der Waals surface area contributed by atoms with Gasteiger partial charge in [0.05, 0.1) is 5.41 Å². The van der Waals surface area contributed by atoms with Crippen LogP contribution in [0.15, 0.2) is 18.2 Å². The molecule has 2 amide bonds. The Morgan fingerprint density at radius 3 is 2.41 bits per heavy atom. The molecule has 2 saturated heterocycles. The number of carbonyl (C=O) groups is 2. The number of amides is 2. The summed E-state index contributed by atoms with van der Waals surface area (Å²) in [4.78, 5) is 25.8. The first kappa shape index (κ1) is 20.4. The Labute approximate surface area is 174 Å². The van der Waals surface area contributed by atoms with Crippen molar-refractivity contribution >= 4 is 17.5 Å². The van der Waals surface area contributed by atoms with Crippen LogP contribution in [0.25, 0.3) is 0 Å². The van der Waals surface area contributed by atoms with Crippen molar-refractivity contribution in [3.8, 4) is 0 Å². The third kappa shape index (κ3) is 4.66. The zero-order chi connectivity index (χ0) is 20.4. The van der Waals surface area contributed by atoms with Crippen LogP contribution in [-0.2, 0) is 9.59 Å². The van der Waals surface area contributed by atoms with Crippen LogP contribution in [0, 0.1) is 25.2 Å². The number of anilines is 1. The largest absolute Gasteiger partial charge is 0.355 e. The van der Waals surface area contributed by atoms with Gasteiger partial charge in [-0.3, -0.25) is 9.59 Å². The van der Waals surface area contributed by atoms with Crippen LogP contribution in [0.2, 0.25) is 0 Å². The molecule has 5 nitrogen and oxygen atoms in total. The molecule has 2 aliphatic heterocycles. The molecule has 3 fully saturated rings. The summed E-state index contributed by atoms with van der Waals surface area (Å²) < 4.78 is 0. The average molecular weight is 398 g/mol. The van der Waals surface area contributed by atoms with Gasteiger partial charge in [-0.25, -0.2) is 0 Å². The van der Waals surface area contributed by atoms with E-state index in [1.54, 1.807) is 0 Å². The van der Waals surface area contributed by atoms with E-state index in [-0.39, 0.29) is 11.8 Å². The zero-order valence-corrected chi connectivity index (χ0v) is 17.9. The zero-order valence-electron chi connectivity index (χ0n) is 17.9. The van der Waals surface area contributed by atoms with E-state index in [9.17, 15) is 9.59 Å². The van der Waals surface area contributed by atoms with Gasteiger partial charge in [-0.2, -0.15) is 0 Å². The quantitative estimate of drug-likeness (QED) is 0.683. The standard InChI is InChI=1S/C24H35N3O2/c1-16-5-6-19(11-17(16)2)27-23(29)24(9-3-4-10-24)15-25-22(28)14-18-12-20-7-8-21(13-18)26-20/h5-6,11,18,20-21,26H,3-4,7-10,12-15H2,1-2H3,(H,25,28)(H,27,29). The summed E-state index contributed by atoms with van der Waals surface area (Å²) in [6, 6.07) is 7.25. The van der Waals surface area contributed by atoms with Crippen LogP contribution in [0.5, 0.6) is 0 Å². The molecule has 158 valence electrons. The van der Waals surface area contributed by atoms with Gasteiger partial charge in [-0.15, -0.1) is 0 Å². The molecular weight excluding hydrogens is 362 g/mol. The van der Waals surface area contributed by atoms with Crippen LogP contribution in [0.3, 0.4) is 0 Å². The average Bonchev–Trinajstić information content (AvgIpc) is 3.30. The van der Waals surface area contributed by atoms with E-state index >= 15 is 0 Å². The molecule has 3 N–H and O–H groups in total. The SMILES string of the molecule is Cc1ccc(NC(=O)C2(CNC(=O)CC3CC4CCC(C3)N4)CCCC2)cc1C. The van der Waals surface area contributed by atoms with Crippen LogP contribution < -0.4 is 16.0 Å². The molecule has 1 aliphatic carbocycles. The molecule has 0 spiro atoms. The van der Waals surface area contributed by atoms with Crippen molar-refractivity contribution in [2.75, 3.05) is 11.9 Å². The summed E-state index contributed by atoms with van der Waals surface area (Å²) >= 11 is 0. The minimum Gasteiger partial charge on any atom is -0.355 e. The molecule has 2 bridgehead atoms. The third-order valence-corrected chi connectivity index (χ3v) is 7.48. The molecule has 4 rings (SSSR count). The predicted octanol–water partition coefficient (Wildman–Crippen LogP) is 3.84. The Morgan fingerprint density at radius 2 is 1.76 bits per heavy atom. The maximum absolute atomic E-state index is 13.2.